The lowest BCUT2D eigenvalue weighted by Gasteiger charge is -2.32. The summed E-state index contributed by atoms with van der Waals surface area (Å²) in [6.07, 6.45) is 4.70. The normalized spacial score (nSPS) is 14.2. The maximum atomic E-state index is 3.33. The van der Waals surface area contributed by atoms with E-state index in [0.29, 0.717) is 10.8 Å². The summed E-state index contributed by atoms with van der Waals surface area (Å²) >= 11 is 3.33. The molecule has 0 nitrogen and oxygen atoms in total. The molecule has 0 bridgehead atoms. The van der Waals surface area contributed by atoms with Crippen LogP contribution >= 0.6 is 15.9 Å². The molecule has 72 valence electrons. The van der Waals surface area contributed by atoms with Crippen LogP contribution in [0.4, 0.5) is 0 Å². The molecule has 0 aromatic heterocycles. The number of allylic oxidation sites excluding steroid dienone is 1. The summed E-state index contributed by atoms with van der Waals surface area (Å²) in [6, 6.07) is 0. The van der Waals surface area contributed by atoms with Gasteiger partial charge in [-0.3, -0.25) is 0 Å². The topological polar surface area (TPSA) is 0 Å². The number of hydrogen-bond acceptors (Lipinski definition) is 0. The lowest BCUT2D eigenvalue weighted by molar-refractivity contribution is 0.230. The maximum absolute atomic E-state index is 3.33. The quantitative estimate of drug-likeness (QED) is 0.657. The first-order valence-corrected chi connectivity index (χ1v) is 5.52. The van der Waals surface area contributed by atoms with E-state index >= 15 is 0 Å². The van der Waals surface area contributed by atoms with Gasteiger partial charge in [-0.2, -0.15) is 0 Å². The molecular formula is C11H21Br. The minimum absolute atomic E-state index is 0.309. The number of hydrogen-bond donors (Lipinski definition) is 0. The Bertz CT molecular complexity index is 154. The van der Waals surface area contributed by atoms with Crippen molar-refractivity contribution in [2.75, 3.05) is 0 Å². The minimum Gasteiger partial charge on any atom is -0.0719 e. The van der Waals surface area contributed by atoms with Gasteiger partial charge in [0.2, 0.25) is 0 Å². The van der Waals surface area contributed by atoms with E-state index in [4.69, 9.17) is 0 Å². The Morgan fingerprint density at radius 2 is 1.67 bits per heavy atom. The summed E-state index contributed by atoms with van der Waals surface area (Å²) < 4.78 is 0. The van der Waals surface area contributed by atoms with Gasteiger partial charge in [0.05, 0.1) is 0 Å². The Hall–Kier alpha value is 0.220. The average molecular weight is 233 g/mol. The standard InChI is InChI=1S/C11H21Br/c1-6-10(2,3)9-11(4,5)7-8-12/h7-8H,6,9H2,1-5H3/b8-7+. The molecule has 0 heterocycles. The van der Waals surface area contributed by atoms with E-state index in [2.05, 4.69) is 56.6 Å². The van der Waals surface area contributed by atoms with E-state index in [0.717, 1.165) is 0 Å². The lowest BCUT2D eigenvalue weighted by atomic mass is 9.74. The highest BCUT2D eigenvalue weighted by molar-refractivity contribution is 9.11. The highest BCUT2D eigenvalue weighted by Crippen LogP contribution is 2.36. The second kappa shape index (κ2) is 4.45. The molecule has 0 amide bonds. The fraction of sp³-hybridized carbons (Fsp3) is 0.818. The first kappa shape index (κ1) is 12.2. The molecule has 0 saturated carbocycles. The molecule has 0 fully saturated rings. The molecule has 0 aliphatic rings. The zero-order chi connectivity index (χ0) is 9.83. The van der Waals surface area contributed by atoms with Crippen molar-refractivity contribution in [1.29, 1.82) is 0 Å². The first-order chi connectivity index (χ1) is 5.33. The van der Waals surface area contributed by atoms with Crippen molar-refractivity contribution < 1.29 is 0 Å². The van der Waals surface area contributed by atoms with Gasteiger partial charge in [-0.1, -0.05) is 63.0 Å². The van der Waals surface area contributed by atoms with Crippen molar-refractivity contribution in [3.05, 3.63) is 11.1 Å². The lowest BCUT2D eigenvalue weighted by Crippen LogP contribution is -2.20. The molecule has 12 heavy (non-hydrogen) atoms. The summed E-state index contributed by atoms with van der Waals surface area (Å²) in [4.78, 5) is 1.97. The van der Waals surface area contributed by atoms with E-state index in [1.807, 2.05) is 4.99 Å². The maximum Gasteiger partial charge on any atom is -0.0162 e. The van der Waals surface area contributed by atoms with E-state index < -0.39 is 0 Å². The van der Waals surface area contributed by atoms with E-state index in [9.17, 15) is 0 Å². The monoisotopic (exact) mass is 232 g/mol. The van der Waals surface area contributed by atoms with Crippen molar-refractivity contribution in [3.63, 3.8) is 0 Å². The van der Waals surface area contributed by atoms with Crippen LogP contribution in [0.5, 0.6) is 0 Å². The van der Waals surface area contributed by atoms with Gasteiger partial charge < -0.3 is 0 Å². The molecule has 0 saturated heterocycles. The van der Waals surface area contributed by atoms with Crippen LogP contribution in [0.25, 0.3) is 0 Å². The van der Waals surface area contributed by atoms with Crippen LogP contribution in [0.1, 0.15) is 47.5 Å². The van der Waals surface area contributed by atoms with Gasteiger partial charge in [-0.05, 0) is 22.2 Å². The summed E-state index contributed by atoms with van der Waals surface area (Å²) in [6.45, 7) is 11.5. The predicted octanol–water partition coefficient (Wildman–Crippen LogP) is 4.75. The Kier molecular flexibility index (Phi) is 4.54. The molecule has 0 N–H and O–H groups in total. The molecule has 0 aromatic carbocycles. The average Bonchev–Trinajstić information content (AvgIpc) is 1.85. The molecule has 1 heteroatoms. The van der Waals surface area contributed by atoms with Crippen molar-refractivity contribution in [2.24, 2.45) is 10.8 Å². The van der Waals surface area contributed by atoms with Crippen molar-refractivity contribution >= 4 is 15.9 Å². The molecule has 0 rings (SSSR count). The second-order valence-corrected chi connectivity index (χ2v) is 5.50. The fourth-order valence-electron chi connectivity index (χ4n) is 1.59. The van der Waals surface area contributed by atoms with Crippen LogP contribution in [0, 0.1) is 10.8 Å². The number of halogens is 1. The summed E-state index contributed by atoms with van der Waals surface area (Å²) in [5.41, 5.74) is 0.763. The highest BCUT2D eigenvalue weighted by atomic mass is 79.9. The number of rotatable bonds is 4. The van der Waals surface area contributed by atoms with Gasteiger partial charge in [0.1, 0.15) is 0 Å². The molecule has 0 radical (unpaired) electrons. The van der Waals surface area contributed by atoms with Crippen molar-refractivity contribution in [2.45, 2.75) is 47.5 Å². The van der Waals surface area contributed by atoms with Gasteiger partial charge in [-0.15, -0.1) is 0 Å². The second-order valence-electron chi connectivity index (χ2n) is 4.98. The highest BCUT2D eigenvalue weighted by Gasteiger charge is 2.24. The van der Waals surface area contributed by atoms with Gasteiger partial charge in [0.15, 0.2) is 0 Å². The molecule has 0 unspecified atom stereocenters. The van der Waals surface area contributed by atoms with Gasteiger partial charge in [0, 0.05) is 0 Å². The fourth-order valence-corrected chi connectivity index (χ4v) is 2.30. The van der Waals surface area contributed by atoms with E-state index in [-0.39, 0.29) is 0 Å². The molecular weight excluding hydrogens is 212 g/mol. The third-order valence-electron chi connectivity index (χ3n) is 2.41. The third kappa shape index (κ3) is 4.97. The van der Waals surface area contributed by atoms with Crippen molar-refractivity contribution in [1.82, 2.24) is 0 Å². The Morgan fingerprint density at radius 3 is 2.00 bits per heavy atom. The first-order valence-electron chi connectivity index (χ1n) is 4.61. The summed E-state index contributed by atoms with van der Waals surface area (Å²) in [7, 11) is 0. The van der Waals surface area contributed by atoms with E-state index in [1.54, 1.807) is 0 Å². The largest absolute Gasteiger partial charge is 0.0719 e. The summed E-state index contributed by atoms with van der Waals surface area (Å²) in [5.74, 6) is 0. The van der Waals surface area contributed by atoms with Crippen LogP contribution in [-0.2, 0) is 0 Å². The third-order valence-corrected chi connectivity index (χ3v) is 2.67. The van der Waals surface area contributed by atoms with Gasteiger partial charge in [-0.25, -0.2) is 0 Å². The molecule has 0 aliphatic heterocycles. The molecule has 0 aliphatic carbocycles. The van der Waals surface area contributed by atoms with Crippen LogP contribution in [-0.4, -0.2) is 0 Å². The van der Waals surface area contributed by atoms with Crippen LogP contribution < -0.4 is 0 Å². The SMILES string of the molecule is CCC(C)(C)CC(C)(C)/C=C/Br. The van der Waals surface area contributed by atoms with Crippen LogP contribution in [0.2, 0.25) is 0 Å². The molecule has 0 atom stereocenters. The summed E-state index contributed by atoms with van der Waals surface area (Å²) in [5, 5.41) is 0. The smallest absolute Gasteiger partial charge is 0.0162 e. The van der Waals surface area contributed by atoms with Gasteiger partial charge in [0.25, 0.3) is 0 Å². The predicted molar refractivity (Wildman–Crippen MR) is 60.5 cm³/mol. The zero-order valence-electron chi connectivity index (χ0n) is 8.95. The van der Waals surface area contributed by atoms with E-state index in [1.165, 1.54) is 12.8 Å². The van der Waals surface area contributed by atoms with Crippen molar-refractivity contribution in [3.8, 4) is 0 Å². The molecule has 0 spiro atoms. The van der Waals surface area contributed by atoms with Crippen LogP contribution in [0.15, 0.2) is 11.1 Å². The zero-order valence-corrected chi connectivity index (χ0v) is 10.5. The molecule has 0 aromatic rings. The van der Waals surface area contributed by atoms with Gasteiger partial charge >= 0.3 is 0 Å². The Morgan fingerprint density at radius 1 is 1.17 bits per heavy atom. The van der Waals surface area contributed by atoms with Crippen LogP contribution in [0.3, 0.4) is 0 Å². The minimum atomic E-state index is 0.309. The Balaban J connectivity index is 4.23. The Labute approximate surface area is 85.6 Å².